The molecule has 0 spiro atoms. The van der Waals surface area contributed by atoms with Crippen molar-refractivity contribution in [3.05, 3.63) is 24.5 Å². The molecule has 6 heteroatoms. The minimum Gasteiger partial charge on any atom is -0.394 e. The van der Waals surface area contributed by atoms with Gasteiger partial charge in [-0.1, -0.05) is 0 Å². The highest BCUT2D eigenvalue weighted by atomic mass is 32.2. The van der Waals surface area contributed by atoms with Crippen LogP contribution in [-0.2, 0) is 9.53 Å². The monoisotopic (exact) mass is 296 g/mol. The van der Waals surface area contributed by atoms with Crippen molar-refractivity contribution in [1.82, 2.24) is 9.88 Å². The number of aliphatic hydroxyl groups is 1. The number of likely N-dealkylation sites (tertiary alicyclic amines) is 1. The number of piperidine rings is 1. The summed E-state index contributed by atoms with van der Waals surface area (Å²) in [5.41, 5.74) is 0. The molecule has 20 heavy (non-hydrogen) atoms. The van der Waals surface area contributed by atoms with E-state index in [2.05, 4.69) is 4.98 Å². The highest BCUT2D eigenvalue weighted by Crippen LogP contribution is 2.19. The van der Waals surface area contributed by atoms with Gasteiger partial charge in [0.2, 0.25) is 5.91 Å². The third-order valence-electron chi connectivity index (χ3n) is 3.25. The fourth-order valence-corrected chi connectivity index (χ4v) is 2.95. The van der Waals surface area contributed by atoms with Crippen molar-refractivity contribution < 1.29 is 14.6 Å². The van der Waals surface area contributed by atoms with Gasteiger partial charge in [0.15, 0.2) is 0 Å². The van der Waals surface area contributed by atoms with Crippen molar-refractivity contribution in [2.45, 2.75) is 23.8 Å². The van der Waals surface area contributed by atoms with Gasteiger partial charge in [-0.3, -0.25) is 9.78 Å². The van der Waals surface area contributed by atoms with Crippen molar-refractivity contribution in [2.75, 3.05) is 32.1 Å². The molecule has 0 atom stereocenters. The van der Waals surface area contributed by atoms with Crippen molar-refractivity contribution in [3.63, 3.8) is 0 Å². The van der Waals surface area contributed by atoms with E-state index in [1.54, 1.807) is 24.2 Å². The first-order chi connectivity index (χ1) is 9.79. The molecule has 1 N–H and O–H groups in total. The molecule has 2 rings (SSSR count). The van der Waals surface area contributed by atoms with Gasteiger partial charge in [0.05, 0.1) is 25.1 Å². The maximum Gasteiger partial charge on any atom is 0.232 e. The zero-order valence-corrected chi connectivity index (χ0v) is 12.2. The molecule has 0 saturated carbocycles. The second kappa shape index (κ2) is 8.24. The summed E-state index contributed by atoms with van der Waals surface area (Å²) in [6.07, 6.45) is 5.35. The molecule has 0 aromatic carbocycles. The molecule has 0 bridgehead atoms. The average Bonchev–Trinajstić information content (AvgIpc) is 2.52. The molecular weight excluding hydrogens is 276 g/mol. The van der Waals surface area contributed by atoms with Crippen LogP contribution in [0, 0.1) is 0 Å². The molecule has 0 unspecified atom stereocenters. The van der Waals surface area contributed by atoms with Crippen LogP contribution in [0.4, 0.5) is 0 Å². The Morgan fingerprint density at radius 3 is 2.75 bits per heavy atom. The van der Waals surface area contributed by atoms with Gasteiger partial charge in [0.25, 0.3) is 0 Å². The molecule has 110 valence electrons. The second-order valence-corrected chi connectivity index (χ2v) is 5.69. The SMILES string of the molecule is O=C(CSc1ccncc1)N1CCC(OCCO)CC1. The smallest absolute Gasteiger partial charge is 0.232 e. The van der Waals surface area contributed by atoms with Gasteiger partial charge >= 0.3 is 0 Å². The summed E-state index contributed by atoms with van der Waals surface area (Å²) in [6, 6.07) is 3.82. The molecular formula is C14H20N2O3S. The Bertz CT molecular complexity index is 408. The number of nitrogens with zero attached hydrogens (tertiary/aromatic N) is 2. The second-order valence-electron chi connectivity index (χ2n) is 4.65. The quantitative estimate of drug-likeness (QED) is 0.799. The van der Waals surface area contributed by atoms with Crippen LogP contribution in [-0.4, -0.2) is 59.1 Å². The van der Waals surface area contributed by atoms with Crippen molar-refractivity contribution in [3.8, 4) is 0 Å². The van der Waals surface area contributed by atoms with Crippen LogP contribution in [0.15, 0.2) is 29.4 Å². The van der Waals surface area contributed by atoms with Crippen LogP contribution < -0.4 is 0 Å². The summed E-state index contributed by atoms with van der Waals surface area (Å²) in [5, 5.41) is 8.72. The lowest BCUT2D eigenvalue weighted by Crippen LogP contribution is -2.41. The number of pyridine rings is 1. The Labute approximate surface area is 123 Å². The number of rotatable bonds is 6. The number of carbonyl (C=O) groups excluding carboxylic acids is 1. The maximum absolute atomic E-state index is 12.1. The van der Waals surface area contributed by atoms with Crippen LogP contribution in [0.2, 0.25) is 0 Å². The van der Waals surface area contributed by atoms with E-state index >= 15 is 0 Å². The molecule has 1 saturated heterocycles. The van der Waals surface area contributed by atoms with Crippen LogP contribution >= 0.6 is 11.8 Å². The standard InChI is InChI=1S/C14H20N2O3S/c17-9-10-19-12-3-7-16(8-4-12)14(18)11-20-13-1-5-15-6-2-13/h1-2,5-6,12,17H,3-4,7-11H2. The predicted molar refractivity (Wildman–Crippen MR) is 77.6 cm³/mol. The summed E-state index contributed by atoms with van der Waals surface area (Å²) >= 11 is 1.54. The molecule has 1 aliphatic heterocycles. The van der Waals surface area contributed by atoms with E-state index in [-0.39, 0.29) is 18.6 Å². The first kappa shape index (κ1) is 15.3. The van der Waals surface area contributed by atoms with Gasteiger partial charge in [0.1, 0.15) is 0 Å². The fraction of sp³-hybridized carbons (Fsp3) is 0.571. The average molecular weight is 296 g/mol. The zero-order valence-electron chi connectivity index (χ0n) is 11.4. The minimum atomic E-state index is 0.0573. The van der Waals surface area contributed by atoms with Crippen LogP contribution in [0.1, 0.15) is 12.8 Å². The summed E-state index contributed by atoms with van der Waals surface area (Å²) in [4.78, 5) is 19.0. The lowest BCUT2D eigenvalue weighted by atomic mass is 10.1. The Morgan fingerprint density at radius 2 is 2.10 bits per heavy atom. The molecule has 1 aromatic rings. The lowest BCUT2D eigenvalue weighted by molar-refractivity contribution is -0.131. The molecule has 1 amide bonds. The first-order valence-corrected chi connectivity index (χ1v) is 7.81. The van der Waals surface area contributed by atoms with Gasteiger partial charge in [-0.25, -0.2) is 0 Å². The number of amides is 1. The Morgan fingerprint density at radius 1 is 1.40 bits per heavy atom. The Hall–Kier alpha value is -1.11. The van der Waals surface area contributed by atoms with E-state index in [1.807, 2.05) is 17.0 Å². The number of aromatic nitrogens is 1. The van der Waals surface area contributed by atoms with E-state index in [0.717, 1.165) is 30.8 Å². The zero-order chi connectivity index (χ0) is 14.2. The number of aliphatic hydroxyl groups excluding tert-OH is 1. The number of thioether (sulfide) groups is 1. The summed E-state index contributed by atoms with van der Waals surface area (Å²) in [7, 11) is 0. The number of carbonyl (C=O) groups is 1. The van der Waals surface area contributed by atoms with Gasteiger partial charge in [-0.05, 0) is 25.0 Å². The molecule has 1 aromatic heterocycles. The maximum atomic E-state index is 12.1. The molecule has 0 radical (unpaired) electrons. The highest BCUT2D eigenvalue weighted by Gasteiger charge is 2.22. The lowest BCUT2D eigenvalue weighted by Gasteiger charge is -2.31. The van der Waals surface area contributed by atoms with Gasteiger partial charge < -0.3 is 14.7 Å². The van der Waals surface area contributed by atoms with Crippen LogP contribution in [0.25, 0.3) is 0 Å². The number of hydrogen-bond donors (Lipinski definition) is 1. The van der Waals surface area contributed by atoms with Crippen molar-refractivity contribution in [1.29, 1.82) is 0 Å². The van der Waals surface area contributed by atoms with Gasteiger partial charge in [-0.2, -0.15) is 0 Å². The van der Waals surface area contributed by atoms with E-state index < -0.39 is 0 Å². The van der Waals surface area contributed by atoms with Crippen LogP contribution in [0.5, 0.6) is 0 Å². The Kier molecular flexibility index (Phi) is 6.29. The summed E-state index contributed by atoms with van der Waals surface area (Å²) < 4.78 is 5.49. The van der Waals surface area contributed by atoms with Crippen LogP contribution in [0.3, 0.4) is 0 Å². The number of ether oxygens (including phenoxy) is 1. The van der Waals surface area contributed by atoms with Gasteiger partial charge in [0, 0.05) is 30.4 Å². The molecule has 2 heterocycles. The van der Waals surface area contributed by atoms with Crippen molar-refractivity contribution in [2.24, 2.45) is 0 Å². The topological polar surface area (TPSA) is 62.7 Å². The summed E-state index contributed by atoms with van der Waals surface area (Å²) in [5.74, 6) is 0.638. The molecule has 0 aliphatic carbocycles. The third kappa shape index (κ3) is 4.77. The third-order valence-corrected chi connectivity index (χ3v) is 4.25. The van der Waals surface area contributed by atoms with E-state index in [9.17, 15) is 4.79 Å². The normalized spacial score (nSPS) is 16.4. The first-order valence-electron chi connectivity index (χ1n) is 6.82. The summed E-state index contributed by atoms with van der Waals surface area (Å²) in [6.45, 7) is 1.93. The Balaban J connectivity index is 1.69. The number of hydrogen-bond acceptors (Lipinski definition) is 5. The van der Waals surface area contributed by atoms with Gasteiger partial charge in [-0.15, -0.1) is 11.8 Å². The van der Waals surface area contributed by atoms with Crippen molar-refractivity contribution >= 4 is 17.7 Å². The molecule has 1 fully saturated rings. The predicted octanol–water partition coefficient (Wildman–Crippen LogP) is 1.17. The van der Waals surface area contributed by atoms with E-state index in [4.69, 9.17) is 9.84 Å². The highest BCUT2D eigenvalue weighted by molar-refractivity contribution is 8.00. The molecule has 1 aliphatic rings. The minimum absolute atomic E-state index is 0.0573. The fourth-order valence-electron chi connectivity index (χ4n) is 2.16. The van der Waals surface area contributed by atoms with E-state index in [0.29, 0.717) is 12.4 Å². The molecule has 5 nitrogen and oxygen atoms in total. The van der Waals surface area contributed by atoms with E-state index in [1.165, 1.54) is 0 Å². The largest absolute Gasteiger partial charge is 0.394 e.